The molecule has 0 fully saturated rings. The molecule has 1 amide bonds. The molecule has 0 saturated carbocycles. The van der Waals surface area contributed by atoms with Crippen molar-refractivity contribution in [3.05, 3.63) is 34.3 Å². The molecule has 0 saturated heterocycles. The lowest BCUT2D eigenvalue weighted by molar-refractivity contribution is -0.143. The second-order valence-corrected chi connectivity index (χ2v) is 5.33. The van der Waals surface area contributed by atoms with Gasteiger partial charge in [0.05, 0.1) is 25.1 Å². The van der Waals surface area contributed by atoms with E-state index in [1.54, 1.807) is 13.8 Å². The number of ether oxygens (including phenoxy) is 1. The normalized spacial score (nSPS) is 13.4. The number of hydrogen-bond donors (Lipinski definition) is 2. The fraction of sp³-hybridized carbons (Fsp3) is 0.429. The smallest absolute Gasteiger partial charge is 0.308 e. The molecule has 1 aromatic carbocycles. The number of benzene rings is 1. The van der Waals surface area contributed by atoms with Gasteiger partial charge in [0.15, 0.2) is 0 Å². The molecule has 0 radical (unpaired) electrons. The number of hydrogen-bond acceptors (Lipinski definition) is 4. The van der Waals surface area contributed by atoms with Crippen LogP contribution in [0.1, 0.15) is 31.9 Å². The SMILES string of the molecule is CCOC(=O)CC(NC(=O)[C@H](C)N)c1ccc(Br)cc1. The van der Waals surface area contributed by atoms with Crippen molar-refractivity contribution in [3.8, 4) is 0 Å². The van der Waals surface area contributed by atoms with Gasteiger partial charge in [-0.05, 0) is 31.5 Å². The molecule has 1 rings (SSSR count). The first-order chi connectivity index (χ1) is 9.43. The van der Waals surface area contributed by atoms with Gasteiger partial charge in [-0.1, -0.05) is 28.1 Å². The molecule has 5 nitrogen and oxygen atoms in total. The molecule has 20 heavy (non-hydrogen) atoms. The molecule has 0 heterocycles. The van der Waals surface area contributed by atoms with E-state index in [0.29, 0.717) is 6.61 Å². The number of esters is 1. The van der Waals surface area contributed by atoms with E-state index in [1.165, 1.54) is 0 Å². The zero-order valence-corrected chi connectivity index (χ0v) is 13.1. The Morgan fingerprint density at radius 2 is 1.95 bits per heavy atom. The molecule has 0 aliphatic carbocycles. The number of carbonyl (C=O) groups is 2. The van der Waals surface area contributed by atoms with Gasteiger partial charge in [-0.25, -0.2) is 0 Å². The first kappa shape index (κ1) is 16.7. The molecule has 1 unspecified atom stereocenters. The summed E-state index contributed by atoms with van der Waals surface area (Å²) in [6.45, 7) is 3.65. The van der Waals surface area contributed by atoms with E-state index in [2.05, 4.69) is 21.2 Å². The highest BCUT2D eigenvalue weighted by Gasteiger charge is 2.20. The van der Waals surface area contributed by atoms with Crippen LogP contribution in [0.5, 0.6) is 0 Å². The first-order valence-corrected chi connectivity index (χ1v) is 7.20. The number of carbonyl (C=O) groups excluding carboxylic acids is 2. The summed E-state index contributed by atoms with van der Waals surface area (Å²) >= 11 is 3.35. The Balaban J connectivity index is 2.85. The van der Waals surface area contributed by atoms with Gasteiger partial charge < -0.3 is 15.8 Å². The van der Waals surface area contributed by atoms with Crippen molar-refractivity contribution in [1.82, 2.24) is 5.32 Å². The average Bonchev–Trinajstić information content (AvgIpc) is 2.39. The van der Waals surface area contributed by atoms with Crippen molar-refractivity contribution in [1.29, 1.82) is 0 Å². The second-order valence-electron chi connectivity index (χ2n) is 4.41. The average molecular weight is 343 g/mol. The second kappa shape index (κ2) is 8.01. The summed E-state index contributed by atoms with van der Waals surface area (Å²) in [4.78, 5) is 23.4. The Kier molecular flexibility index (Phi) is 6.67. The van der Waals surface area contributed by atoms with Crippen molar-refractivity contribution in [2.24, 2.45) is 5.73 Å². The van der Waals surface area contributed by atoms with Crippen molar-refractivity contribution < 1.29 is 14.3 Å². The fourth-order valence-electron chi connectivity index (χ4n) is 1.64. The molecule has 0 spiro atoms. The Labute approximate surface area is 127 Å². The van der Waals surface area contributed by atoms with E-state index in [4.69, 9.17) is 10.5 Å². The van der Waals surface area contributed by atoms with Crippen LogP contribution < -0.4 is 11.1 Å². The molecule has 0 aromatic heterocycles. The van der Waals surface area contributed by atoms with Gasteiger partial charge in [-0.3, -0.25) is 9.59 Å². The molecule has 0 aliphatic rings. The summed E-state index contributed by atoms with van der Waals surface area (Å²) in [6, 6.07) is 6.32. The predicted octanol–water partition coefficient (Wildman–Crippen LogP) is 1.91. The topological polar surface area (TPSA) is 81.4 Å². The molecule has 2 atom stereocenters. The number of nitrogens with one attached hydrogen (secondary N) is 1. The maximum Gasteiger partial charge on any atom is 0.308 e. The first-order valence-electron chi connectivity index (χ1n) is 6.41. The van der Waals surface area contributed by atoms with Crippen LogP contribution in [0.4, 0.5) is 0 Å². The number of nitrogens with two attached hydrogens (primary N) is 1. The minimum absolute atomic E-state index is 0.0773. The van der Waals surface area contributed by atoms with Crippen molar-refractivity contribution >= 4 is 27.8 Å². The van der Waals surface area contributed by atoms with Crippen LogP contribution in [0, 0.1) is 0 Å². The molecular weight excluding hydrogens is 324 g/mol. The summed E-state index contributed by atoms with van der Waals surface area (Å²) < 4.78 is 5.85. The van der Waals surface area contributed by atoms with Crippen LogP contribution in [-0.4, -0.2) is 24.5 Å². The van der Waals surface area contributed by atoms with Crippen LogP contribution in [0.2, 0.25) is 0 Å². The van der Waals surface area contributed by atoms with E-state index in [-0.39, 0.29) is 18.3 Å². The lowest BCUT2D eigenvalue weighted by Gasteiger charge is -2.19. The van der Waals surface area contributed by atoms with Crippen LogP contribution >= 0.6 is 15.9 Å². The van der Waals surface area contributed by atoms with E-state index < -0.39 is 12.1 Å². The Hall–Kier alpha value is -1.40. The summed E-state index contributed by atoms with van der Waals surface area (Å²) in [5, 5.41) is 2.76. The van der Waals surface area contributed by atoms with Crippen LogP contribution in [0.25, 0.3) is 0 Å². The van der Waals surface area contributed by atoms with Gasteiger partial charge in [0.2, 0.25) is 5.91 Å². The minimum atomic E-state index is -0.629. The molecule has 1 aromatic rings. The third kappa shape index (κ3) is 5.30. The van der Waals surface area contributed by atoms with Gasteiger partial charge in [0, 0.05) is 4.47 Å². The molecule has 110 valence electrons. The summed E-state index contributed by atoms with van der Waals surface area (Å²) in [5.74, 6) is -0.660. The lowest BCUT2D eigenvalue weighted by Crippen LogP contribution is -2.41. The van der Waals surface area contributed by atoms with E-state index in [0.717, 1.165) is 10.0 Å². The van der Waals surface area contributed by atoms with Crippen LogP contribution in [0.3, 0.4) is 0 Å². The maximum absolute atomic E-state index is 11.7. The number of amides is 1. The Morgan fingerprint density at radius 1 is 1.35 bits per heavy atom. The van der Waals surface area contributed by atoms with Crippen molar-refractivity contribution in [2.75, 3.05) is 6.61 Å². The quantitative estimate of drug-likeness (QED) is 0.773. The summed E-state index contributed by atoms with van der Waals surface area (Å²) in [5.41, 5.74) is 6.37. The van der Waals surface area contributed by atoms with Gasteiger partial charge in [0.1, 0.15) is 0 Å². The zero-order valence-electron chi connectivity index (χ0n) is 11.6. The summed E-state index contributed by atoms with van der Waals surface area (Å²) in [7, 11) is 0. The molecule has 0 bridgehead atoms. The predicted molar refractivity (Wildman–Crippen MR) is 79.9 cm³/mol. The molecule has 0 aliphatic heterocycles. The van der Waals surface area contributed by atoms with Crippen LogP contribution in [0.15, 0.2) is 28.7 Å². The fourth-order valence-corrected chi connectivity index (χ4v) is 1.90. The third-order valence-electron chi connectivity index (χ3n) is 2.68. The van der Waals surface area contributed by atoms with Crippen LogP contribution in [-0.2, 0) is 14.3 Å². The summed E-state index contributed by atoms with van der Waals surface area (Å²) in [6.07, 6.45) is 0.0773. The van der Waals surface area contributed by atoms with Gasteiger partial charge in [0.25, 0.3) is 0 Å². The lowest BCUT2D eigenvalue weighted by atomic mass is 10.0. The van der Waals surface area contributed by atoms with E-state index in [9.17, 15) is 9.59 Å². The van der Waals surface area contributed by atoms with Gasteiger partial charge in [-0.15, -0.1) is 0 Å². The molecular formula is C14H19BrN2O3. The third-order valence-corrected chi connectivity index (χ3v) is 3.21. The van der Waals surface area contributed by atoms with Crippen molar-refractivity contribution in [3.63, 3.8) is 0 Å². The number of rotatable bonds is 6. The maximum atomic E-state index is 11.7. The zero-order chi connectivity index (χ0) is 15.1. The van der Waals surface area contributed by atoms with Crippen molar-refractivity contribution in [2.45, 2.75) is 32.4 Å². The molecule has 3 N–H and O–H groups in total. The highest BCUT2D eigenvalue weighted by molar-refractivity contribution is 9.10. The van der Waals surface area contributed by atoms with Gasteiger partial charge >= 0.3 is 5.97 Å². The Morgan fingerprint density at radius 3 is 2.45 bits per heavy atom. The largest absolute Gasteiger partial charge is 0.466 e. The van der Waals surface area contributed by atoms with E-state index in [1.807, 2.05) is 24.3 Å². The highest BCUT2D eigenvalue weighted by atomic mass is 79.9. The highest BCUT2D eigenvalue weighted by Crippen LogP contribution is 2.20. The minimum Gasteiger partial charge on any atom is -0.466 e. The van der Waals surface area contributed by atoms with Gasteiger partial charge in [-0.2, -0.15) is 0 Å². The monoisotopic (exact) mass is 342 g/mol. The number of halogens is 1. The van der Waals surface area contributed by atoms with E-state index >= 15 is 0 Å². The molecule has 6 heteroatoms. The Bertz CT molecular complexity index is 460. The standard InChI is InChI=1S/C14H19BrN2O3/c1-3-20-13(18)8-12(17-14(19)9(2)16)10-4-6-11(15)7-5-10/h4-7,9,12H,3,8,16H2,1-2H3,(H,17,19)/t9-,12?/m0/s1.